The number of thiophene rings is 1. The van der Waals surface area contributed by atoms with Crippen LogP contribution in [-0.4, -0.2) is 53.3 Å². The van der Waals surface area contributed by atoms with Crippen molar-refractivity contribution >= 4 is 17.2 Å². The van der Waals surface area contributed by atoms with E-state index >= 15 is 0 Å². The van der Waals surface area contributed by atoms with E-state index in [1.54, 1.807) is 18.4 Å². The van der Waals surface area contributed by atoms with E-state index in [1.165, 1.54) is 4.88 Å². The molecular weight excluding hydrogens is 362 g/mol. The van der Waals surface area contributed by atoms with E-state index in [1.807, 2.05) is 41.3 Å². The average molecular weight is 392 g/mol. The van der Waals surface area contributed by atoms with Crippen LogP contribution < -0.4 is 5.32 Å². The van der Waals surface area contributed by atoms with Gasteiger partial charge in [-0.3, -0.25) is 9.69 Å². The summed E-state index contributed by atoms with van der Waals surface area (Å²) >= 11 is 1.66. The highest BCUT2D eigenvalue weighted by molar-refractivity contribution is 7.09. The number of carbonyl (C=O) groups is 1. The molecule has 0 unspecified atom stereocenters. The number of nitrogens with zero attached hydrogens (tertiary/aromatic N) is 2. The Morgan fingerprint density at radius 3 is 3.00 bits per heavy atom. The lowest BCUT2D eigenvalue weighted by atomic mass is 9.99. The van der Waals surface area contributed by atoms with Gasteiger partial charge >= 0.3 is 0 Å². The summed E-state index contributed by atoms with van der Waals surface area (Å²) in [5, 5.41) is 15.2. The second-order valence-electron chi connectivity index (χ2n) is 7.04. The van der Waals surface area contributed by atoms with E-state index in [0.717, 1.165) is 31.5 Å². The highest BCUT2D eigenvalue weighted by Gasteiger charge is 2.28. The van der Waals surface area contributed by atoms with Gasteiger partial charge in [0.25, 0.3) is 5.91 Å². The Labute approximate surface area is 164 Å². The molecule has 0 aliphatic carbocycles. The zero-order valence-electron chi connectivity index (χ0n) is 16.1. The van der Waals surface area contributed by atoms with Crippen LogP contribution in [0.2, 0.25) is 0 Å². The standard InChI is InChI=1S/C20H29N3O3S/c1-21-20(25)19-9-8-17(22(19)2)18-7-3-4-10-23(18)12-15(24)13-26-14-16-6-5-11-27-16/h5-6,8-9,11,15,18,24H,3-4,7,10,12-14H2,1-2H3,(H,21,25)/t15-,18-/m1/s1. The monoisotopic (exact) mass is 391 g/mol. The fourth-order valence-corrected chi connectivity index (χ4v) is 4.42. The predicted octanol–water partition coefficient (Wildman–Crippen LogP) is 2.55. The number of carbonyl (C=O) groups excluding carboxylic acids is 1. The van der Waals surface area contributed by atoms with Crippen molar-refractivity contribution in [3.8, 4) is 0 Å². The highest BCUT2D eigenvalue weighted by Crippen LogP contribution is 2.31. The van der Waals surface area contributed by atoms with Crippen molar-refractivity contribution in [3.05, 3.63) is 45.9 Å². The number of aromatic nitrogens is 1. The molecule has 1 aliphatic heterocycles. The molecule has 3 heterocycles. The van der Waals surface area contributed by atoms with E-state index in [9.17, 15) is 9.90 Å². The van der Waals surface area contributed by atoms with Gasteiger partial charge in [-0.25, -0.2) is 0 Å². The first-order valence-electron chi connectivity index (χ1n) is 9.50. The normalized spacial score (nSPS) is 19.1. The molecule has 6 nitrogen and oxygen atoms in total. The maximum atomic E-state index is 12.0. The maximum absolute atomic E-state index is 12.0. The number of ether oxygens (including phenoxy) is 1. The Morgan fingerprint density at radius 2 is 2.26 bits per heavy atom. The van der Waals surface area contributed by atoms with Crippen molar-refractivity contribution in [3.63, 3.8) is 0 Å². The number of amides is 1. The van der Waals surface area contributed by atoms with Crippen LogP contribution in [0.25, 0.3) is 0 Å². The Hall–Kier alpha value is -1.67. The Bertz CT molecular complexity index is 729. The second kappa shape index (κ2) is 9.50. The molecule has 0 radical (unpaired) electrons. The van der Waals surface area contributed by atoms with Crippen LogP contribution in [0.5, 0.6) is 0 Å². The van der Waals surface area contributed by atoms with Gasteiger partial charge in [-0.15, -0.1) is 11.3 Å². The maximum Gasteiger partial charge on any atom is 0.267 e. The summed E-state index contributed by atoms with van der Waals surface area (Å²) in [5.41, 5.74) is 1.79. The van der Waals surface area contributed by atoms with E-state index in [0.29, 0.717) is 25.5 Å². The van der Waals surface area contributed by atoms with Gasteiger partial charge in [0, 0.05) is 31.2 Å². The third-order valence-corrected chi connectivity index (χ3v) is 6.01. The van der Waals surface area contributed by atoms with Gasteiger partial charge in [0.2, 0.25) is 0 Å². The lowest BCUT2D eigenvalue weighted by molar-refractivity contribution is -0.00389. The average Bonchev–Trinajstić information content (AvgIpc) is 3.31. The molecule has 3 rings (SSSR count). The van der Waals surface area contributed by atoms with Gasteiger partial charge in [-0.1, -0.05) is 12.5 Å². The molecule has 2 atom stereocenters. The number of β-amino-alcohol motifs (C(OH)–C–C–N with tert-alkyl or cyclic N) is 1. The van der Waals surface area contributed by atoms with Crippen LogP contribution in [0.1, 0.15) is 46.4 Å². The molecule has 27 heavy (non-hydrogen) atoms. The lowest BCUT2D eigenvalue weighted by Crippen LogP contribution is -2.41. The molecule has 1 saturated heterocycles. The van der Waals surface area contributed by atoms with Gasteiger partial charge < -0.3 is 19.7 Å². The summed E-state index contributed by atoms with van der Waals surface area (Å²) in [7, 11) is 3.59. The van der Waals surface area contributed by atoms with Gasteiger partial charge in [0.15, 0.2) is 0 Å². The molecule has 0 aromatic carbocycles. The molecule has 1 aliphatic rings. The van der Waals surface area contributed by atoms with E-state index < -0.39 is 6.10 Å². The fraction of sp³-hybridized carbons (Fsp3) is 0.550. The predicted molar refractivity (Wildman–Crippen MR) is 107 cm³/mol. The molecule has 2 N–H and O–H groups in total. The highest BCUT2D eigenvalue weighted by atomic mass is 32.1. The molecule has 148 valence electrons. The summed E-state index contributed by atoms with van der Waals surface area (Å²) in [5.74, 6) is -0.0758. The van der Waals surface area contributed by atoms with Crippen molar-refractivity contribution in [2.24, 2.45) is 7.05 Å². The lowest BCUT2D eigenvalue weighted by Gasteiger charge is -2.37. The van der Waals surface area contributed by atoms with Gasteiger partial charge in [0.1, 0.15) is 5.69 Å². The van der Waals surface area contributed by atoms with Crippen LogP contribution in [0.4, 0.5) is 0 Å². The first-order valence-corrected chi connectivity index (χ1v) is 10.4. The van der Waals surface area contributed by atoms with Crippen molar-refractivity contribution in [1.82, 2.24) is 14.8 Å². The third kappa shape index (κ3) is 4.99. The van der Waals surface area contributed by atoms with E-state index in [-0.39, 0.29) is 11.9 Å². The molecule has 1 fully saturated rings. The van der Waals surface area contributed by atoms with Crippen molar-refractivity contribution in [1.29, 1.82) is 0 Å². The smallest absolute Gasteiger partial charge is 0.267 e. The van der Waals surface area contributed by atoms with E-state index in [4.69, 9.17) is 4.74 Å². The minimum atomic E-state index is -0.524. The van der Waals surface area contributed by atoms with Crippen LogP contribution in [0.15, 0.2) is 29.6 Å². The van der Waals surface area contributed by atoms with Crippen LogP contribution in [0.3, 0.4) is 0 Å². The van der Waals surface area contributed by atoms with Gasteiger partial charge in [-0.2, -0.15) is 0 Å². The molecule has 2 aromatic rings. The van der Waals surface area contributed by atoms with Crippen LogP contribution >= 0.6 is 11.3 Å². The summed E-state index contributed by atoms with van der Waals surface area (Å²) in [6, 6.07) is 8.17. The number of nitrogens with one attached hydrogen (secondary N) is 1. The third-order valence-electron chi connectivity index (χ3n) is 5.16. The Kier molecular flexibility index (Phi) is 7.07. The number of aliphatic hydroxyl groups is 1. The summed E-state index contributed by atoms with van der Waals surface area (Å²) in [6.45, 7) is 2.41. The first kappa shape index (κ1) is 20.1. The summed E-state index contributed by atoms with van der Waals surface area (Å²) in [6.07, 6.45) is 2.80. The van der Waals surface area contributed by atoms with Crippen LogP contribution in [0, 0.1) is 0 Å². The molecular formula is C20H29N3O3S. The Morgan fingerprint density at radius 1 is 1.41 bits per heavy atom. The summed E-state index contributed by atoms with van der Waals surface area (Å²) in [4.78, 5) is 15.5. The number of hydrogen-bond donors (Lipinski definition) is 2. The van der Waals surface area contributed by atoms with Gasteiger partial charge in [0.05, 0.1) is 25.4 Å². The minimum Gasteiger partial charge on any atom is -0.389 e. The quantitative estimate of drug-likeness (QED) is 0.726. The molecule has 0 saturated carbocycles. The molecule has 1 amide bonds. The van der Waals surface area contributed by atoms with Crippen LogP contribution in [-0.2, 0) is 18.4 Å². The van der Waals surface area contributed by atoms with Crippen molar-refractivity contribution in [2.75, 3.05) is 26.7 Å². The Balaban J connectivity index is 1.60. The number of rotatable bonds is 8. The van der Waals surface area contributed by atoms with E-state index in [2.05, 4.69) is 10.2 Å². The van der Waals surface area contributed by atoms with Crippen molar-refractivity contribution in [2.45, 2.75) is 38.0 Å². The second-order valence-corrected chi connectivity index (χ2v) is 8.07. The zero-order chi connectivity index (χ0) is 19.2. The molecule has 7 heteroatoms. The molecule has 0 bridgehead atoms. The summed E-state index contributed by atoms with van der Waals surface area (Å²) < 4.78 is 7.65. The van der Waals surface area contributed by atoms with Gasteiger partial charge in [-0.05, 0) is 43.0 Å². The SMILES string of the molecule is CNC(=O)c1ccc([C@H]2CCCCN2C[C@@H](O)COCc2cccs2)n1C. The number of likely N-dealkylation sites (tertiary alicyclic amines) is 1. The minimum absolute atomic E-state index is 0.0758. The largest absolute Gasteiger partial charge is 0.389 e. The number of piperidine rings is 1. The number of hydrogen-bond acceptors (Lipinski definition) is 5. The fourth-order valence-electron chi connectivity index (χ4n) is 3.78. The molecule has 0 spiro atoms. The number of aliphatic hydroxyl groups excluding tert-OH is 1. The van der Waals surface area contributed by atoms with Crippen molar-refractivity contribution < 1.29 is 14.6 Å². The zero-order valence-corrected chi connectivity index (χ0v) is 16.9. The first-order chi connectivity index (χ1) is 13.1. The topological polar surface area (TPSA) is 66.7 Å². The molecule has 2 aromatic heterocycles.